The van der Waals surface area contributed by atoms with Crippen molar-refractivity contribution in [2.75, 3.05) is 5.75 Å². The lowest BCUT2D eigenvalue weighted by molar-refractivity contribution is -0.117. The number of hydrogen-bond donors (Lipinski definition) is 0. The molecule has 3 aromatic rings. The molecule has 28 heavy (non-hydrogen) atoms. The Kier molecular flexibility index (Phi) is 6.15. The lowest BCUT2D eigenvalue weighted by atomic mass is 10.1. The van der Waals surface area contributed by atoms with Crippen LogP contribution >= 0.6 is 11.3 Å². The highest BCUT2D eigenvalue weighted by atomic mass is 32.2. The van der Waals surface area contributed by atoms with Crippen LogP contribution in [0.1, 0.15) is 30.9 Å². The van der Waals surface area contributed by atoms with Crippen molar-refractivity contribution in [2.24, 2.45) is 4.99 Å². The van der Waals surface area contributed by atoms with Crippen molar-refractivity contribution in [2.45, 2.75) is 45.1 Å². The maximum Gasteiger partial charge on any atom is 0.249 e. The van der Waals surface area contributed by atoms with Crippen LogP contribution < -0.4 is 4.80 Å². The molecule has 7 heteroatoms. The highest BCUT2D eigenvalue weighted by Crippen LogP contribution is 2.22. The summed E-state index contributed by atoms with van der Waals surface area (Å²) < 4.78 is 27.9. The minimum Gasteiger partial charge on any atom is -0.316 e. The fourth-order valence-electron chi connectivity index (χ4n) is 2.98. The van der Waals surface area contributed by atoms with E-state index in [4.69, 9.17) is 0 Å². The largest absolute Gasteiger partial charge is 0.316 e. The second-order valence-corrected chi connectivity index (χ2v) is 9.95. The van der Waals surface area contributed by atoms with Crippen molar-refractivity contribution in [1.82, 2.24) is 4.57 Å². The van der Waals surface area contributed by atoms with E-state index < -0.39 is 15.7 Å². The summed E-state index contributed by atoms with van der Waals surface area (Å²) >= 11 is 1.47. The smallest absolute Gasteiger partial charge is 0.249 e. The monoisotopic (exact) mass is 416 g/mol. The number of aromatic nitrogens is 1. The Balaban J connectivity index is 1.89. The third kappa shape index (κ3) is 4.42. The summed E-state index contributed by atoms with van der Waals surface area (Å²) in [4.78, 5) is 17.5. The topological polar surface area (TPSA) is 68.5 Å². The summed E-state index contributed by atoms with van der Waals surface area (Å²) in [5.41, 5.74) is 3.46. The van der Waals surface area contributed by atoms with Crippen LogP contribution in [0.5, 0.6) is 0 Å². The first kappa shape index (κ1) is 20.5. The first-order chi connectivity index (χ1) is 13.3. The lowest BCUT2D eigenvalue weighted by Gasteiger charge is -2.05. The number of aryl methyl sites for hydroxylation is 3. The van der Waals surface area contributed by atoms with E-state index in [0.717, 1.165) is 23.2 Å². The molecule has 0 radical (unpaired) electrons. The third-order valence-electron chi connectivity index (χ3n) is 4.65. The van der Waals surface area contributed by atoms with Crippen LogP contribution in [-0.2, 0) is 21.2 Å². The van der Waals surface area contributed by atoms with Gasteiger partial charge in [-0.15, -0.1) is 0 Å². The maximum absolute atomic E-state index is 12.4. The number of carbonyl (C=O) groups excluding carboxylic acids is 1. The van der Waals surface area contributed by atoms with Gasteiger partial charge in [0.1, 0.15) is 0 Å². The fourth-order valence-corrected chi connectivity index (χ4v) is 5.38. The van der Waals surface area contributed by atoms with E-state index in [9.17, 15) is 13.2 Å². The van der Waals surface area contributed by atoms with E-state index in [1.54, 1.807) is 30.3 Å². The van der Waals surface area contributed by atoms with Gasteiger partial charge in [-0.05, 0) is 55.7 Å². The van der Waals surface area contributed by atoms with Gasteiger partial charge in [-0.25, -0.2) is 8.42 Å². The van der Waals surface area contributed by atoms with Gasteiger partial charge in [-0.2, -0.15) is 4.99 Å². The third-order valence-corrected chi connectivity index (χ3v) is 7.43. The van der Waals surface area contributed by atoms with E-state index >= 15 is 0 Å². The molecule has 0 saturated heterocycles. The average Bonchev–Trinajstić information content (AvgIpc) is 2.98. The van der Waals surface area contributed by atoms with Crippen molar-refractivity contribution in [3.63, 3.8) is 0 Å². The molecule has 0 unspecified atom stereocenters. The Bertz CT molecular complexity index is 1170. The van der Waals surface area contributed by atoms with Crippen molar-refractivity contribution in [3.8, 4) is 0 Å². The molecule has 0 spiro atoms. The van der Waals surface area contributed by atoms with Crippen LogP contribution in [0.2, 0.25) is 0 Å². The van der Waals surface area contributed by atoms with Gasteiger partial charge in [0.2, 0.25) is 5.91 Å². The number of thiazole rings is 1. The molecular formula is C21H24N2O3S2. The zero-order chi connectivity index (χ0) is 20.3. The SMILES string of the molecule is CCCn1c(=NC(=O)CCS(=O)(=O)c2ccccc2)sc2cc(C)c(C)cc21. The number of rotatable bonds is 6. The number of benzene rings is 2. The van der Waals surface area contributed by atoms with E-state index in [0.29, 0.717) is 4.80 Å². The lowest BCUT2D eigenvalue weighted by Crippen LogP contribution is -2.18. The van der Waals surface area contributed by atoms with E-state index in [1.807, 2.05) is 0 Å². The fraction of sp³-hybridized carbons (Fsp3) is 0.333. The summed E-state index contributed by atoms with van der Waals surface area (Å²) in [7, 11) is -3.49. The first-order valence-electron chi connectivity index (χ1n) is 9.28. The number of hydrogen-bond acceptors (Lipinski definition) is 4. The van der Waals surface area contributed by atoms with E-state index in [2.05, 4.69) is 42.5 Å². The summed E-state index contributed by atoms with van der Waals surface area (Å²) in [5.74, 6) is -0.652. The maximum atomic E-state index is 12.4. The zero-order valence-electron chi connectivity index (χ0n) is 16.3. The molecule has 1 amide bonds. The second kappa shape index (κ2) is 8.41. The summed E-state index contributed by atoms with van der Waals surface area (Å²) in [6.45, 7) is 6.97. The van der Waals surface area contributed by atoms with Crippen LogP contribution in [0.3, 0.4) is 0 Å². The van der Waals surface area contributed by atoms with Crippen LogP contribution in [0, 0.1) is 13.8 Å². The number of amides is 1. The molecule has 5 nitrogen and oxygen atoms in total. The summed E-state index contributed by atoms with van der Waals surface area (Å²) in [5, 5.41) is 0. The first-order valence-corrected chi connectivity index (χ1v) is 11.7. The van der Waals surface area contributed by atoms with Gasteiger partial charge in [-0.1, -0.05) is 36.5 Å². The van der Waals surface area contributed by atoms with Crippen molar-refractivity contribution in [3.05, 3.63) is 58.4 Å². The molecule has 0 aliphatic carbocycles. The predicted octanol–water partition coefficient (Wildman–Crippen LogP) is 4.02. The number of carbonyl (C=O) groups is 1. The molecule has 3 rings (SSSR count). The normalized spacial score (nSPS) is 12.6. The van der Waals surface area contributed by atoms with Gasteiger partial charge in [-0.3, -0.25) is 4.79 Å². The van der Waals surface area contributed by atoms with Gasteiger partial charge >= 0.3 is 0 Å². The van der Waals surface area contributed by atoms with Crippen molar-refractivity contribution in [1.29, 1.82) is 0 Å². The Hall–Kier alpha value is -2.25. The average molecular weight is 417 g/mol. The molecule has 148 valence electrons. The van der Waals surface area contributed by atoms with E-state index in [1.165, 1.54) is 22.5 Å². The summed E-state index contributed by atoms with van der Waals surface area (Å²) in [6, 6.07) is 12.4. The van der Waals surface area contributed by atoms with Gasteiger partial charge in [0, 0.05) is 13.0 Å². The molecular weight excluding hydrogens is 392 g/mol. The van der Waals surface area contributed by atoms with Gasteiger partial charge in [0.05, 0.1) is 20.9 Å². The van der Waals surface area contributed by atoms with Crippen LogP contribution in [0.25, 0.3) is 10.2 Å². The molecule has 0 aliphatic rings. The zero-order valence-corrected chi connectivity index (χ0v) is 17.9. The highest BCUT2D eigenvalue weighted by Gasteiger charge is 2.16. The second-order valence-electron chi connectivity index (χ2n) is 6.83. The number of fused-ring (bicyclic) bond motifs is 1. The van der Waals surface area contributed by atoms with Gasteiger partial charge in [0.25, 0.3) is 0 Å². The molecule has 1 heterocycles. The Morgan fingerprint density at radius 3 is 2.46 bits per heavy atom. The minimum absolute atomic E-state index is 0.129. The Morgan fingerprint density at radius 2 is 1.79 bits per heavy atom. The van der Waals surface area contributed by atoms with Crippen molar-refractivity contribution < 1.29 is 13.2 Å². The predicted molar refractivity (Wildman–Crippen MR) is 113 cm³/mol. The molecule has 0 N–H and O–H groups in total. The highest BCUT2D eigenvalue weighted by molar-refractivity contribution is 7.91. The molecule has 1 aromatic heterocycles. The molecule has 0 bridgehead atoms. The molecule has 0 fully saturated rings. The molecule has 0 atom stereocenters. The number of sulfone groups is 1. The van der Waals surface area contributed by atoms with Crippen LogP contribution in [0.15, 0.2) is 52.4 Å². The van der Waals surface area contributed by atoms with Gasteiger partial charge in [0.15, 0.2) is 14.6 Å². The quantitative estimate of drug-likeness (QED) is 0.609. The summed E-state index contributed by atoms with van der Waals surface area (Å²) in [6.07, 6.45) is 0.790. The van der Waals surface area contributed by atoms with Crippen molar-refractivity contribution >= 4 is 37.3 Å². The van der Waals surface area contributed by atoms with Gasteiger partial charge < -0.3 is 4.57 Å². The van der Waals surface area contributed by atoms with E-state index in [-0.39, 0.29) is 17.1 Å². The van der Waals surface area contributed by atoms with Crippen LogP contribution in [-0.4, -0.2) is 24.6 Å². The molecule has 2 aromatic carbocycles. The Morgan fingerprint density at radius 1 is 1.11 bits per heavy atom. The molecule has 0 aliphatic heterocycles. The standard InChI is InChI=1S/C21H24N2O3S2/c1-4-11-23-18-13-15(2)16(3)14-19(18)27-21(23)22-20(24)10-12-28(25,26)17-8-6-5-7-9-17/h5-9,13-14H,4,10-12H2,1-3H3. The minimum atomic E-state index is -3.49. The number of nitrogens with zero attached hydrogens (tertiary/aromatic N) is 2. The molecule has 0 saturated carbocycles. The Labute approximate surface area is 169 Å². The van der Waals surface area contributed by atoms with Crippen LogP contribution in [0.4, 0.5) is 0 Å².